The first-order valence-electron chi connectivity index (χ1n) is 6.52. The lowest BCUT2D eigenvalue weighted by molar-refractivity contribution is 0.0833. The van der Waals surface area contributed by atoms with Crippen molar-refractivity contribution in [3.8, 4) is 0 Å². The molecule has 1 aromatic heterocycles. The summed E-state index contributed by atoms with van der Waals surface area (Å²) in [6.45, 7) is 2.53. The first-order valence-corrected chi connectivity index (χ1v) is 6.52. The Kier molecular flexibility index (Phi) is 3.08. The normalized spacial score (nSPS) is 18.2. The average Bonchev–Trinajstić information content (AvgIpc) is 3.01. The van der Waals surface area contributed by atoms with Crippen molar-refractivity contribution in [3.63, 3.8) is 0 Å². The fourth-order valence-electron chi connectivity index (χ4n) is 2.01. The molecule has 2 aromatic rings. The quantitative estimate of drug-likeness (QED) is 0.890. The summed E-state index contributed by atoms with van der Waals surface area (Å²) in [5, 5.41) is 4.03. The monoisotopic (exact) mass is 259 g/mol. The SMILES string of the molecule is CCOC(c1ccccc1)c1noc(C2(N)CC2)n1. The summed E-state index contributed by atoms with van der Waals surface area (Å²) >= 11 is 0. The smallest absolute Gasteiger partial charge is 0.246 e. The van der Waals surface area contributed by atoms with E-state index in [0.29, 0.717) is 18.3 Å². The van der Waals surface area contributed by atoms with Crippen molar-refractivity contribution in [2.45, 2.75) is 31.4 Å². The number of hydrogen-bond acceptors (Lipinski definition) is 5. The molecule has 0 radical (unpaired) electrons. The molecule has 1 fully saturated rings. The van der Waals surface area contributed by atoms with Crippen LogP contribution in [0.3, 0.4) is 0 Å². The Labute approximate surface area is 111 Å². The molecule has 1 aromatic carbocycles. The lowest BCUT2D eigenvalue weighted by atomic mass is 10.1. The molecule has 19 heavy (non-hydrogen) atoms. The Morgan fingerprint density at radius 3 is 2.74 bits per heavy atom. The Morgan fingerprint density at radius 2 is 2.11 bits per heavy atom. The van der Waals surface area contributed by atoms with Gasteiger partial charge in [0.2, 0.25) is 11.7 Å². The van der Waals surface area contributed by atoms with Gasteiger partial charge in [0.25, 0.3) is 0 Å². The molecule has 0 bridgehead atoms. The molecule has 0 spiro atoms. The van der Waals surface area contributed by atoms with E-state index in [-0.39, 0.29) is 6.10 Å². The fraction of sp³-hybridized carbons (Fsp3) is 0.429. The summed E-state index contributed by atoms with van der Waals surface area (Å²) in [7, 11) is 0. The van der Waals surface area contributed by atoms with Crippen molar-refractivity contribution in [2.24, 2.45) is 5.73 Å². The van der Waals surface area contributed by atoms with E-state index in [4.69, 9.17) is 15.0 Å². The second kappa shape index (κ2) is 4.75. The minimum absolute atomic E-state index is 0.300. The van der Waals surface area contributed by atoms with Gasteiger partial charge in [-0.2, -0.15) is 4.98 Å². The lowest BCUT2D eigenvalue weighted by Gasteiger charge is -2.13. The summed E-state index contributed by atoms with van der Waals surface area (Å²) in [6, 6.07) is 9.88. The number of benzene rings is 1. The van der Waals surface area contributed by atoms with Gasteiger partial charge in [-0.15, -0.1) is 0 Å². The van der Waals surface area contributed by atoms with Gasteiger partial charge >= 0.3 is 0 Å². The number of nitrogens with two attached hydrogens (primary N) is 1. The summed E-state index contributed by atoms with van der Waals surface area (Å²) in [6.07, 6.45) is 1.50. The molecule has 0 aliphatic heterocycles. The highest BCUT2D eigenvalue weighted by molar-refractivity contribution is 5.23. The maximum atomic E-state index is 6.06. The Hall–Kier alpha value is -1.72. The molecule has 1 saturated carbocycles. The third kappa shape index (κ3) is 2.39. The molecule has 0 amide bonds. The number of nitrogens with zero attached hydrogens (tertiary/aromatic N) is 2. The Bertz CT molecular complexity index is 549. The van der Waals surface area contributed by atoms with Crippen LogP contribution >= 0.6 is 0 Å². The summed E-state index contributed by atoms with van der Waals surface area (Å²) in [4.78, 5) is 4.41. The zero-order chi connectivity index (χ0) is 13.3. The molecule has 5 nitrogen and oxygen atoms in total. The van der Waals surface area contributed by atoms with E-state index >= 15 is 0 Å². The van der Waals surface area contributed by atoms with Crippen molar-refractivity contribution in [3.05, 3.63) is 47.6 Å². The van der Waals surface area contributed by atoms with Crippen LogP contribution < -0.4 is 5.73 Å². The molecule has 3 rings (SSSR count). The van der Waals surface area contributed by atoms with Gasteiger partial charge in [-0.25, -0.2) is 0 Å². The van der Waals surface area contributed by atoms with Crippen molar-refractivity contribution in [1.82, 2.24) is 10.1 Å². The molecule has 5 heteroatoms. The molecular formula is C14H17N3O2. The van der Waals surface area contributed by atoms with Crippen molar-refractivity contribution >= 4 is 0 Å². The number of rotatable bonds is 5. The van der Waals surface area contributed by atoms with E-state index in [0.717, 1.165) is 18.4 Å². The maximum absolute atomic E-state index is 6.06. The number of ether oxygens (including phenoxy) is 1. The van der Waals surface area contributed by atoms with Crippen LogP contribution in [0.2, 0.25) is 0 Å². The fourth-order valence-corrected chi connectivity index (χ4v) is 2.01. The highest BCUT2D eigenvalue weighted by Gasteiger charge is 2.46. The van der Waals surface area contributed by atoms with E-state index in [1.807, 2.05) is 37.3 Å². The standard InChI is InChI=1S/C14H17N3O2/c1-2-18-11(10-6-4-3-5-7-10)12-16-13(19-17-12)14(15)8-9-14/h3-7,11H,2,8-9,15H2,1H3. The highest BCUT2D eigenvalue weighted by atomic mass is 16.5. The van der Waals surface area contributed by atoms with E-state index in [1.165, 1.54) is 0 Å². The third-order valence-corrected chi connectivity index (χ3v) is 3.33. The largest absolute Gasteiger partial charge is 0.366 e. The van der Waals surface area contributed by atoms with Crippen LogP contribution in [0.5, 0.6) is 0 Å². The molecular weight excluding hydrogens is 242 g/mol. The van der Waals surface area contributed by atoms with Crippen molar-refractivity contribution in [2.75, 3.05) is 6.61 Å². The van der Waals surface area contributed by atoms with Gasteiger partial charge in [0.15, 0.2) is 0 Å². The molecule has 1 aliphatic carbocycles. The Morgan fingerprint density at radius 1 is 1.37 bits per heavy atom. The van der Waals surface area contributed by atoms with Gasteiger partial charge in [0, 0.05) is 6.61 Å². The van der Waals surface area contributed by atoms with Gasteiger partial charge in [-0.3, -0.25) is 0 Å². The van der Waals surface area contributed by atoms with Gasteiger partial charge in [0.1, 0.15) is 6.10 Å². The van der Waals surface area contributed by atoms with Crippen LogP contribution in [0.25, 0.3) is 0 Å². The van der Waals surface area contributed by atoms with Gasteiger partial charge in [0.05, 0.1) is 5.54 Å². The van der Waals surface area contributed by atoms with Gasteiger partial charge in [-0.05, 0) is 25.3 Å². The first kappa shape index (κ1) is 12.3. The lowest BCUT2D eigenvalue weighted by Crippen LogP contribution is -2.19. The number of aromatic nitrogens is 2. The van der Waals surface area contributed by atoms with E-state index in [1.54, 1.807) is 0 Å². The minimum Gasteiger partial charge on any atom is -0.366 e. The molecule has 1 heterocycles. The van der Waals surface area contributed by atoms with Crippen LogP contribution in [0, 0.1) is 0 Å². The van der Waals surface area contributed by atoms with Crippen LogP contribution in [0.4, 0.5) is 0 Å². The molecule has 2 N–H and O–H groups in total. The molecule has 0 saturated heterocycles. The van der Waals surface area contributed by atoms with Crippen LogP contribution in [-0.2, 0) is 10.3 Å². The summed E-state index contributed by atoms with van der Waals surface area (Å²) in [5.41, 5.74) is 6.67. The predicted octanol–water partition coefficient (Wildman–Crippen LogP) is 2.14. The summed E-state index contributed by atoms with van der Waals surface area (Å²) < 4.78 is 11.0. The second-order valence-corrected chi connectivity index (χ2v) is 4.86. The van der Waals surface area contributed by atoms with Crippen LogP contribution in [0.15, 0.2) is 34.9 Å². The van der Waals surface area contributed by atoms with Crippen molar-refractivity contribution in [1.29, 1.82) is 0 Å². The van der Waals surface area contributed by atoms with E-state index in [9.17, 15) is 0 Å². The maximum Gasteiger partial charge on any atom is 0.246 e. The second-order valence-electron chi connectivity index (χ2n) is 4.86. The molecule has 100 valence electrons. The first-order chi connectivity index (χ1) is 9.23. The Balaban J connectivity index is 1.90. The zero-order valence-electron chi connectivity index (χ0n) is 10.9. The van der Waals surface area contributed by atoms with E-state index < -0.39 is 5.54 Å². The predicted molar refractivity (Wildman–Crippen MR) is 69.3 cm³/mol. The summed E-state index contributed by atoms with van der Waals surface area (Å²) in [5.74, 6) is 1.06. The van der Waals surface area contributed by atoms with Gasteiger partial charge < -0.3 is 15.0 Å². The van der Waals surface area contributed by atoms with E-state index in [2.05, 4.69) is 10.1 Å². The molecule has 1 atom stereocenters. The van der Waals surface area contributed by atoms with Crippen LogP contribution in [0.1, 0.15) is 43.1 Å². The molecule has 1 unspecified atom stereocenters. The average molecular weight is 259 g/mol. The minimum atomic E-state index is -0.404. The third-order valence-electron chi connectivity index (χ3n) is 3.33. The number of hydrogen-bond donors (Lipinski definition) is 1. The topological polar surface area (TPSA) is 74.2 Å². The molecule has 1 aliphatic rings. The zero-order valence-corrected chi connectivity index (χ0v) is 10.9. The highest BCUT2D eigenvalue weighted by Crippen LogP contribution is 2.42. The van der Waals surface area contributed by atoms with Crippen LogP contribution in [-0.4, -0.2) is 16.7 Å². The van der Waals surface area contributed by atoms with Gasteiger partial charge in [-0.1, -0.05) is 35.5 Å². The van der Waals surface area contributed by atoms with Crippen molar-refractivity contribution < 1.29 is 9.26 Å².